The van der Waals surface area contributed by atoms with Crippen molar-refractivity contribution in [1.82, 2.24) is 0 Å². The quantitative estimate of drug-likeness (QED) is 0.682. The number of fused-ring (bicyclic) bond motifs is 1. The summed E-state index contributed by atoms with van der Waals surface area (Å²) in [5.74, 6) is -0.437. The predicted octanol–water partition coefficient (Wildman–Crippen LogP) is 4.19. The van der Waals surface area contributed by atoms with Crippen LogP contribution in [0.2, 0.25) is 0 Å². The maximum Gasteiger partial charge on any atom is 0.338 e. The van der Waals surface area contributed by atoms with Gasteiger partial charge in [-0.3, -0.25) is 4.79 Å². The Morgan fingerprint density at radius 2 is 1.88 bits per heavy atom. The summed E-state index contributed by atoms with van der Waals surface area (Å²) in [4.78, 5) is 23.8. The van der Waals surface area contributed by atoms with Crippen molar-refractivity contribution in [2.75, 3.05) is 11.9 Å². The molecule has 3 rings (SSSR count). The van der Waals surface area contributed by atoms with Gasteiger partial charge in [0.15, 0.2) is 0 Å². The Morgan fingerprint density at radius 1 is 1.08 bits per heavy atom. The minimum atomic E-state index is -0.365. The summed E-state index contributed by atoms with van der Waals surface area (Å²) >= 11 is 0. The standard InChI is InChI=1S/C22H19NO3/c1-2-26-22(25)18-10-12-20(13-11-18)23-21(24)14-8-16-7-9-17-5-3-4-6-19(17)15-16/h3,5,7,9-13,15H,2,8,14H2,1H3,(H,23,24). The van der Waals surface area contributed by atoms with Crippen LogP contribution in [0.1, 0.15) is 29.3 Å². The molecule has 0 heterocycles. The normalized spacial score (nSPS) is 10.2. The van der Waals surface area contributed by atoms with E-state index in [1.807, 2.05) is 30.3 Å². The lowest BCUT2D eigenvalue weighted by atomic mass is 10.0. The van der Waals surface area contributed by atoms with Gasteiger partial charge in [-0.1, -0.05) is 24.3 Å². The molecule has 0 aliphatic carbocycles. The van der Waals surface area contributed by atoms with Gasteiger partial charge in [-0.2, -0.15) is 0 Å². The number of carbonyl (C=O) groups excluding carboxylic acids is 2. The van der Waals surface area contributed by atoms with Gasteiger partial charge in [0.25, 0.3) is 0 Å². The van der Waals surface area contributed by atoms with Gasteiger partial charge < -0.3 is 10.1 Å². The Kier molecular flexibility index (Phi) is 5.50. The van der Waals surface area contributed by atoms with Gasteiger partial charge in [0.05, 0.1) is 12.2 Å². The van der Waals surface area contributed by atoms with E-state index in [-0.39, 0.29) is 11.9 Å². The average molecular weight is 345 g/mol. The second-order valence-corrected chi connectivity index (χ2v) is 5.87. The fourth-order valence-corrected chi connectivity index (χ4v) is 2.65. The second-order valence-electron chi connectivity index (χ2n) is 5.87. The van der Waals surface area contributed by atoms with E-state index in [0.717, 1.165) is 16.3 Å². The van der Waals surface area contributed by atoms with Crippen molar-refractivity contribution in [3.63, 3.8) is 0 Å². The molecule has 0 radical (unpaired) electrons. The third kappa shape index (κ3) is 4.40. The van der Waals surface area contributed by atoms with Crippen LogP contribution in [0, 0.1) is 12.1 Å². The van der Waals surface area contributed by atoms with Crippen LogP contribution in [0.15, 0.2) is 54.6 Å². The number of anilines is 1. The van der Waals surface area contributed by atoms with Gasteiger partial charge in [-0.15, -0.1) is 0 Å². The van der Waals surface area contributed by atoms with Crippen molar-refractivity contribution >= 4 is 28.3 Å². The molecule has 0 bridgehead atoms. The van der Waals surface area contributed by atoms with Crippen LogP contribution in [0.3, 0.4) is 0 Å². The maximum absolute atomic E-state index is 12.2. The number of hydrogen-bond acceptors (Lipinski definition) is 3. The molecule has 26 heavy (non-hydrogen) atoms. The number of amides is 1. The van der Waals surface area contributed by atoms with E-state index in [0.29, 0.717) is 30.7 Å². The molecule has 4 heteroatoms. The van der Waals surface area contributed by atoms with Crippen molar-refractivity contribution in [3.05, 3.63) is 77.9 Å². The van der Waals surface area contributed by atoms with Crippen LogP contribution in [-0.4, -0.2) is 18.5 Å². The number of carbonyl (C=O) groups is 2. The minimum Gasteiger partial charge on any atom is -0.462 e. The largest absolute Gasteiger partial charge is 0.462 e. The molecule has 0 saturated heterocycles. The summed E-state index contributed by atoms with van der Waals surface area (Å²) in [5, 5.41) is 4.95. The number of esters is 1. The van der Waals surface area contributed by atoms with Gasteiger partial charge in [0.2, 0.25) is 5.91 Å². The highest BCUT2D eigenvalue weighted by Crippen LogP contribution is 2.15. The molecular formula is C22H19NO3. The average Bonchev–Trinajstić information content (AvgIpc) is 2.67. The zero-order valence-corrected chi connectivity index (χ0v) is 14.5. The van der Waals surface area contributed by atoms with E-state index in [9.17, 15) is 9.59 Å². The van der Waals surface area contributed by atoms with Gasteiger partial charge in [-0.25, -0.2) is 4.79 Å². The van der Waals surface area contributed by atoms with Crippen LogP contribution in [0.4, 0.5) is 5.69 Å². The first kappa shape index (κ1) is 17.5. The lowest BCUT2D eigenvalue weighted by Crippen LogP contribution is -2.12. The molecule has 1 N–H and O–H groups in total. The SMILES string of the molecule is CCOC(=O)c1ccc(NC(=O)CCc2ccc3ccc#cc3c2)cc1. The smallest absolute Gasteiger partial charge is 0.338 e. The number of ether oxygens (including phenoxy) is 1. The summed E-state index contributed by atoms with van der Waals surface area (Å²) in [6.45, 7) is 2.10. The van der Waals surface area contributed by atoms with Gasteiger partial charge >= 0.3 is 5.97 Å². The molecule has 0 spiro atoms. The topological polar surface area (TPSA) is 55.4 Å². The molecule has 130 valence electrons. The summed E-state index contributed by atoms with van der Waals surface area (Å²) in [7, 11) is 0. The van der Waals surface area contributed by atoms with Crippen LogP contribution >= 0.6 is 0 Å². The van der Waals surface area contributed by atoms with Crippen molar-refractivity contribution in [2.45, 2.75) is 19.8 Å². The molecule has 0 aromatic heterocycles. The van der Waals surface area contributed by atoms with Crippen LogP contribution < -0.4 is 5.32 Å². The molecule has 3 aromatic carbocycles. The molecule has 3 aromatic rings. The Hall–Kier alpha value is -3.32. The fourth-order valence-electron chi connectivity index (χ4n) is 2.65. The number of aryl methyl sites for hydroxylation is 1. The molecule has 4 nitrogen and oxygen atoms in total. The summed E-state index contributed by atoms with van der Waals surface area (Å²) in [5.41, 5.74) is 2.21. The summed E-state index contributed by atoms with van der Waals surface area (Å²) < 4.78 is 4.94. The molecule has 0 fully saturated rings. The van der Waals surface area contributed by atoms with E-state index in [2.05, 4.69) is 17.4 Å². The third-order valence-corrected chi connectivity index (χ3v) is 3.99. The van der Waals surface area contributed by atoms with Crippen molar-refractivity contribution < 1.29 is 14.3 Å². The zero-order chi connectivity index (χ0) is 18.4. The number of rotatable bonds is 6. The number of nitrogens with one attached hydrogen (secondary N) is 1. The Balaban J connectivity index is 1.55. The minimum absolute atomic E-state index is 0.0717. The fraction of sp³-hybridized carbons (Fsp3) is 0.182. The zero-order valence-electron chi connectivity index (χ0n) is 14.5. The number of benzene rings is 2. The first-order chi connectivity index (χ1) is 12.7. The molecular weight excluding hydrogens is 326 g/mol. The molecule has 0 atom stereocenters. The van der Waals surface area contributed by atoms with E-state index >= 15 is 0 Å². The van der Waals surface area contributed by atoms with Gasteiger partial charge in [0.1, 0.15) is 0 Å². The Morgan fingerprint density at radius 3 is 2.65 bits per heavy atom. The predicted molar refractivity (Wildman–Crippen MR) is 101 cm³/mol. The van der Waals surface area contributed by atoms with E-state index < -0.39 is 0 Å². The van der Waals surface area contributed by atoms with Crippen molar-refractivity contribution in [1.29, 1.82) is 0 Å². The first-order valence-electron chi connectivity index (χ1n) is 8.54. The molecule has 1 amide bonds. The van der Waals surface area contributed by atoms with E-state index in [1.165, 1.54) is 0 Å². The van der Waals surface area contributed by atoms with Crippen molar-refractivity contribution in [2.24, 2.45) is 0 Å². The highest BCUT2D eigenvalue weighted by molar-refractivity contribution is 5.93. The summed E-state index contributed by atoms with van der Waals surface area (Å²) in [6.07, 6.45) is 1.02. The molecule has 0 unspecified atom stereocenters. The van der Waals surface area contributed by atoms with E-state index in [4.69, 9.17) is 4.74 Å². The van der Waals surface area contributed by atoms with Crippen molar-refractivity contribution in [3.8, 4) is 0 Å². The van der Waals surface area contributed by atoms with Gasteiger partial charge in [-0.05, 0) is 66.8 Å². The second kappa shape index (κ2) is 8.17. The summed E-state index contributed by atoms with van der Waals surface area (Å²) in [6, 6.07) is 22.6. The Labute approximate surface area is 152 Å². The molecule has 0 aliphatic heterocycles. The third-order valence-electron chi connectivity index (χ3n) is 3.99. The molecule has 0 aliphatic rings. The van der Waals surface area contributed by atoms with Crippen LogP contribution in [0.25, 0.3) is 10.8 Å². The van der Waals surface area contributed by atoms with Gasteiger partial charge in [0, 0.05) is 17.5 Å². The Bertz CT molecular complexity index is 916. The van der Waals surface area contributed by atoms with E-state index in [1.54, 1.807) is 31.2 Å². The maximum atomic E-state index is 12.2. The lowest BCUT2D eigenvalue weighted by Gasteiger charge is -2.07. The molecule has 0 saturated carbocycles. The highest BCUT2D eigenvalue weighted by atomic mass is 16.5. The lowest BCUT2D eigenvalue weighted by molar-refractivity contribution is -0.116. The monoisotopic (exact) mass is 345 g/mol. The number of hydrogen-bond donors (Lipinski definition) is 1. The highest BCUT2D eigenvalue weighted by Gasteiger charge is 2.07. The first-order valence-corrected chi connectivity index (χ1v) is 8.54. The van der Waals surface area contributed by atoms with Crippen LogP contribution in [-0.2, 0) is 16.0 Å². The van der Waals surface area contributed by atoms with Crippen LogP contribution in [0.5, 0.6) is 0 Å².